The molecule has 0 saturated heterocycles. The van der Waals surface area contributed by atoms with Gasteiger partial charge in [0.25, 0.3) is 5.91 Å². The van der Waals surface area contributed by atoms with Gasteiger partial charge in [-0.3, -0.25) is 4.79 Å². The number of benzene rings is 1. The fraction of sp³-hybridized carbons (Fsp3) is 0.357. The van der Waals surface area contributed by atoms with E-state index in [4.69, 9.17) is 4.74 Å². The third-order valence-electron chi connectivity index (χ3n) is 3.51. The second-order valence-corrected chi connectivity index (χ2v) is 4.82. The smallest absolute Gasteiger partial charge is 0.251 e. The van der Waals surface area contributed by atoms with Crippen molar-refractivity contribution >= 4 is 5.91 Å². The predicted octanol–water partition coefficient (Wildman–Crippen LogP) is 1.30. The SMILES string of the molecule is COc1ccc(C(=O)NCc2nnc3n2CCC3)cc1F. The van der Waals surface area contributed by atoms with E-state index in [1.54, 1.807) is 0 Å². The molecule has 0 unspecified atom stereocenters. The Labute approximate surface area is 120 Å². The van der Waals surface area contributed by atoms with E-state index in [0.717, 1.165) is 37.1 Å². The number of fused-ring (bicyclic) bond motifs is 1. The number of carbonyl (C=O) groups excluding carboxylic acids is 1. The first-order valence-corrected chi connectivity index (χ1v) is 6.71. The number of amides is 1. The lowest BCUT2D eigenvalue weighted by Gasteiger charge is -2.07. The number of carbonyl (C=O) groups is 1. The van der Waals surface area contributed by atoms with Crippen LogP contribution in [-0.4, -0.2) is 27.8 Å². The van der Waals surface area contributed by atoms with Gasteiger partial charge in [0.2, 0.25) is 0 Å². The Hall–Kier alpha value is -2.44. The minimum Gasteiger partial charge on any atom is -0.494 e. The van der Waals surface area contributed by atoms with Crippen molar-refractivity contribution in [1.29, 1.82) is 0 Å². The Morgan fingerprint density at radius 2 is 2.33 bits per heavy atom. The molecule has 0 bridgehead atoms. The maximum atomic E-state index is 13.6. The number of nitrogens with zero attached hydrogens (tertiary/aromatic N) is 3. The summed E-state index contributed by atoms with van der Waals surface area (Å²) in [6.07, 6.45) is 1.97. The van der Waals surface area contributed by atoms with Crippen LogP contribution in [0.3, 0.4) is 0 Å². The summed E-state index contributed by atoms with van der Waals surface area (Å²) >= 11 is 0. The van der Waals surface area contributed by atoms with E-state index >= 15 is 0 Å². The number of hydrogen-bond acceptors (Lipinski definition) is 4. The van der Waals surface area contributed by atoms with Crippen molar-refractivity contribution in [2.75, 3.05) is 7.11 Å². The standard InChI is InChI=1S/C14H15FN4O2/c1-21-11-5-4-9(7-10(11)15)14(20)16-8-13-18-17-12-3-2-6-19(12)13/h4-5,7H,2-3,6,8H2,1H3,(H,16,20). The van der Waals surface area contributed by atoms with Crippen LogP contribution in [-0.2, 0) is 19.5 Å². The van der Waals surface area contributed by atoms with Gasteiger partial charge in [0.15, 0.2) is 17.4 Å². The van der Waals surface area contributed by atoms with Crippen molar-refractivity contribution in [2.45, 2.75) is 25.9 Å². The summed E-state index contributed by atoms with van der Waals surface area (Å²) in [7, 11) is 1.38. The summed E-state index contributed by atoms with van der Waals surface area (Å²) < 4.78 is 20.4. The second kappa shape index (κ2) is 5.51. The number of methoxy groups -OCH3 is 1. The summed E-state index contributed by atoms with van der Waals surface area (Å²) in [6, 6.07) is 4.10. The molecule has 1 amide bonds. The molecular formula is C14H15FN4O2. The molecule has 7 heteroatoms. The van der Waals surface area contributed by atoms with E-state index in [1.807, 2.05) is 4.57 Å². The molecule has 0 spiro atoms. The van der Waals surface area contributed by atoms with Gasteiger partial charge in [0, 0.05) is 18.5 Å². The minimum absolute atomic E-state index is 0.113. The van der Waals surface area contributed by atoms with Crippen LogP contribution in [0.2, 0.25) is 0 Å². The Kier molecular flexibility index (Phi) is 3.55. The quantitative estimate of drug-likeness (QED) is 0.921. The highest BCUT2D eigenvalue weighted by Crippen LogP contribution is 2.18. The third kappa shape index (κ3) is 2.58. The number of nitrogens with one attached hydrogen (secondary N) is 1. The van der Waals surface area contributed by atoms with Crippen molar-refractivity contribution in [3.63, 3.8) is 0 Å². The molecule has 1 aliphatic heterocycles. The third-order valence-corrected chi connectivity index (χ3v) is 3.51. The van der Waals surface area contributed by atoms with E-state index in [-0.39, 0.29) is 23.8 Å². The predicted molar refractivity (Wildman–Crippen MR) is 72.5 cm³/mol. The van der Waals surface area contributed by atoms with Crippen molar-refractivity contribution in [3.05, 3.63) is 41.2 Å². The number of ether oxygens (including phenoxy) is 1. The lowest BCUT2D eigenvalue weighted by atomic mass is 10.2. The molecule has 1 N–H and O–H groups in total. The number of hydrogen-bond donors (Lipinski definition) is 1. The molecule has 1 aliphatic rings. The maximum absolute atomic E-state index is 13.6. The van der Waals surface area contributed by atoms with Crippen molar-refractivity contribution < 1.29 is 13.9 Å². The van der Waals surface area contributed by atoms with E-state index < -0.39 is 5.82 Å². The fourth-order valence-corrected chi connectivity index (χ4v) is 2.41. The molecule has 0 atom stereocenters. The summed E-state index contributed by atoms with van der Waals surface area (Å²) in [5, 5.41) is 10.8. The molecule has 0 saturated carbocycles. The molecule has 1 aromatic heterocycles. The Morgan fingerprint density at radius 1 is 1.48 bits per heavy atom. The van der Waals surface area contributed by atoms with Crippen LogP contribution < -0.4 is 10.1 Å². The normalized spacial score (nSPS) is 13.0. The molecule has 0 aliphatic carbocycles. The van der Waals surface area contributed by atoms with Gasteiger partial charge in [-0.2, -0.15) is 0 Å². The van der Waals surface area contributed by atoms with Gasteiger partial charge >= 0.3 is 0 Å². The largest absolute Gasteiger partial charge is 0.494 e. The van der Waals surface area contributed by atoms with Crippen LogP contribution in [0.5, 0.6) is 5.75 Å². The van der Waals surface area contributed by atoms with Gasteiger partial charge in [-0.1, -0.05) is 0 Å². The van der Waals surface area contributed by atoms with Gasteiger partial charge in [0.05, 0.1) is 13.7 Å². The van der Waals surface area contributed by atoms with Gasteiger partial charge in [-0.15, -0.1) is 10.2 Å². The zero-order valence-electron chi connectivity index (χ0n) is 11.6. The average Bonchev–Trinajstić information content (AvgIpc) is 3.08. The Bertz CT molecular complexity index is 684. The molecule has 1 aromatic carbocycles. The number of aromatic nitrogens is 3. The zero-order chi connectivity index (χ0) is 14.8. The summed E-state index contributed by atoms with van der Waals surface area (Å²) in [5.41, 5.74) is 0.245. The molecule has 6 nitrogen and oxygen atoms in total. The van der Waals surface area contributed by atoms with Crippen molar-refractivity contribution in [2.24, 2.45) is 0 Å². The van der Waals surface area contributed by atoms with E-state index in [1.165, 1.54) is 19.2 Å². The molecule has 0 radical (unpaired) electrons. The Balaban J connectivity index is 1.67. The summed E-state index contributed by atoms with van der Waals surface area (Å²) in [5.74, 6) is 0.877. The van der Waals surface area contributed by atoms with Crippen molar-refractivity contribution in [1.82, 2.24) is 20.1 Å². The maximum Gasteiger partial charge on any atom is 0.251 e. The first kappa shape index (κ1) is 13.5. The molecule has 0 fully saturated rings. The Morgan fingerprint density at radius 3 is 3.10 bits per heavy atom. The van der Waals surface area contributed by atoms with E-state index in [9.17, 15) is 9.18 Å². The van der Waals surface area contributed by atoms with Crippen LogP contribution >= 0.6 is 0 Å². The first-order valence-electron chi connectivity index (χ1n) is 6.71. The monoisotopic (exact) mass is 290 g/mol. The lowest BCUT2D eigenvalue weighted by Crippen LogP contribution is -2.24. The second-order valence-electron chi connectivity index (χ2n) is 4.82. The highest BCUT2D eigenvalue weighted by Gasteiger charge is 2.18. The fourth-order valence-electron chi connectivity index (χ4n) is 2.41. The van der Waals surface area contributed by atoms with Crippen LogP contribution in [0.4, 0.5) is 4.39 Å². The number of aryl methyl sites for hydroxylation is 1. The topological polar surface area (TPSA) is 69.0 Å². The number of halogens is 1. The molecule has 3 rings (SSSR count). The van der Waals surface area contributed by atoms with Crippen LogP contribution in [0.25, 0.3) is 0 Å². The van der Waals surface area contributed by atoms with Gasteiger partial charge in [-0.25, -0.2) is 4.39 Å². The van der Waals surface area contributed by atoms with Crippen LogP contribution in [0, 0.1) is 5.82 Å². The summed E-state index contributed by atoms with van der Waals surface area (Å²) in [4.78, 5) is 12.0. The molecule has 21 heavy (non-hydrogen) atoms. The van der Waals surface area contributed by atoms with E-state index in [0.29, 0.717) is 0 Å². The first-order chi connectivity index (χ1) is 10.2. The van der Waals surface area contributed by atoms with Crippen LogP contribution in [0.1, 0.15) is 28.4 Å². The minimum atomic E-state index is -0.562. The average molecular weight is 290 g/mol. The molecule has 110 valence electrons. The molecule has 2 heterocycles. The lowest BCUT2D eigenvalue weighted by molar-refractivity contribution is 0.0949. The van der Waals surface area contributed by atoms with Gasteiger partial charge < -0.3 is 14.6 Å². The van der Waals surface area contributed by atoms with Crippen molar-refractivity contribution in [3.8, 4) is 5.75 Å². The molecule has 2 aromatic rings. The number of rotatable bonds is 4. The highest BCUT2D eigenvalue weighted by molar-refractivity contribution is 5.94. The van der Waals surface area contributed by atoms with Gasteiger partial charge in [-0.05, 0) is 24.6 Å². The highest BCUT2D eigenvalue weighted by atomic mass is 19.1. The summed E-state index contributed by atoms with van der Waals surface area (Å²) in [6.45, 7) is 1.16. The van der Waals surface area contributed by atoms with Gasteiger partial charge in [0.1, 0.15) is 5.82 Å². The molecular weight excluding hydrogens is 275 g/mol. The zero-order valence-corrected chi connectivity index (χ0v) is 11.6. The van der Waals surface area contributed by atoms with Crippen LogP contribution in [0.15, 0.2) is 18.2 Å². The van der Waals surface area contributed by atoms with E-state index in [2.05, 4.69) is 15.5 Å².